The van der Waals surface area contributed by atoms with Gasteiger partial charge in [-0.05, 0) is 25.6 Å². The van der Waals surface area contributed by atoms with Crippen molar-refractivity contribution in [3.05, 3.63) is 24.4 Å². The lowest BCUT2D eigenvalue weighted by molar-refractivity contribution is 0.479. The molecular weight excluding hydrogens is 110 g/mol. The highest BCUT2D eigenvalue weighted by atomic mass is 14.9. The first-order chi connectivity index (χ1) is 4.27. The maximum Gasteiger partial charge on any atom is 0.0523 e. The Hall–Kier alpha value is -0.720. The molecular formula is C8H13N. The van der Waals surface area contributed by atoms with Gasteiger partial charge in [0.1, 0.15) is 0 Å². The molecule has 0 aromatic carbocycles. The van der Waals surface area contributed by atoms with E-state index in [1.165, 1.54) is 0 Å². The predicted molar refractivity (Wildman–Crippen MR) is 40.1 cm³/mol. The predicted octanol–water partition coefficient (Wildman–Crippen LogP) is 1.83. The molecule has 0 aromatic heterocycles. The summed E-state index contributed by atoms with van der Waals surface area (Å²) in [6.07, 6.45) is 9.40. The summed E-state index contributed by atoms with van der Waals surface area (Å²) in [5, 5.41) is 3.28. The molecule has 0 aromatic rings. The third kappa shape index (κ3) is 1.35. The van der Waals surface area contributed by atoms with E-state index in [4.69, 9.17) is 0 Å². The zero-order valence-corrected chi connectivity index (χ0v) is 6.02. The summed E-state index contributed by atoms with van der Waals surface area (Å²) in [7, 11) is 0. The minimum atomic E-state index is 0.203. The van der Waals surface area contributed by atoms with E-state index in [2.05, 4.69) is 31.3 Å². The molecule has 1 atom stereocenters. The second-order valence-electron chi connectivity index (χ2n) is 2.63. The fourth-order valence-electron chi connectivity index (χ4n) is 0.830. The number of nitrogens with one attached hydrogen (secondary N) is 1. The van der Waals surface area contributed by atoms with Gasteiger partial charge in [-0.1, -0.05) is 19.1 Å². The molecule has 0 fully saturated rings. The topological polar surface area (TPSA) is 12.0 Å². The van der Waals surface area contributed by atoms with Gasteiger partial charge >= 0.3 is 0 Å². The van der Waals surface area contributed by atoms with Crippen LogP contribution in [0.15, 0.2) is 24.4 Å². The van der Waals surface area contributed by atoms with E-state index < -0.39 is 0 Å². The number of rotatable bonds is 1. The molecule has 0 amide bonds. The van der Waals surface area contributed by atoms with Crippen LogP contribution in [-0.2, 0) is 0 Å². The van der Waals surface area contributed by atoms with Gasteiger partial charge in [-0.2, -0.15) is 0 Å². The Bertz CT molecular complexity index is 147. The van der Waals surface area contributed by atoms with Gasteiger partial charge in [-0.25, -0.2) is 0 Å². The highest BCUT2D eigenvalue weighted by Crippen LogP contribution is 2.13. The molecule has 0 saturated carbocycles. The summed E-state index contributed by atoms with van der Waals surface area (Å²) in [6, 6.07) is 0. The summed E-state index contributed by atoms with van der Waals surface area (Å²) in [4.78, 5) is 0. The fraction of sp³-hybridized carbons (Fsp3) is 0.500. The van der Waals surface area contributed by atoms with Crippen LogP contribution in [0.4, 0.5) is 0 Å². The zero-order valence-electron chi connectivity index (χ0n) is 6.02. The first-order valence-electron chi connectivity index (χ1n) is 3.39. The monoisotopic (exact) mass is 123 g/mol. The molecule has 1 nitrogen and oxygen atoms in total. The molecule has 50 valence electrons. The van der Waals surface area contributed by atoms with Crippen molar-refractivity contribution in [1.29, 1.82) is 0 Å². The van der Waals surface area contributed by atoms with Crippen LogP contribution in [0.5, 0.6) is 0 Å². The number of hydrogen-bond acceptors (Lipinski definition) is 1. The molecule has 9 heavy (non-hydrogen) atoms. The van der Waals surface area contributed by atoms with Gasteiger partial charge in [0.25, 0.3) is 0 Å². The molecule has 0 unspecified atom stereocenters. The van der Waals surface area contributed by atoms with Crippen LogP contribution in [0.3, 0.4) is 0 Å². The molecule has 0 radical (unpaired) electrons. The zero-order chi connectivity index (χ0) is 6.74. The summed E-state index contributed by atoms with van der Waals surface area (Å²) in [5.41, 5.74) is 0.203. The van der Waals surface area contributed by atoms with Crippen LogP contribution in [-0.4, -0.2) is 5.54 Å². The SMILES string of the molecule is CC[C@@]1(C)C=CC=CN1. The molecule has 0 saturated heterocycles. The van der Waals surface area contributed by atoms with Crippen molar-refractivity contribution in [2.24, 2.45) is 0 Å². The van der Waals surface area contributed by atoms with E-state index >= 15 is 0 Å². The maximum absolute atomic E-state index is 3.28. The van der Waals surface area contributed by atoms with Gasteiger partial charge in [-0.3, -0.25) is 0 Å². The minimum Gasteiger partial charge on any atom is -0.382 e. The molecule has 0 aliphatic carbocycles. The Labute approximate surface area is 56.5 Å². The highest BCUT2D eigenvalue weighted by Gasteiger charge is 2.15. The van der Waals surface area contributed by atoms with E-state index in [-0.39, 0.29) is 5.54 Å². The van der Waals surface area contributed by atoms with Crippen molar-refractivity contribution in [2.75, 3.05) is 0 Å². The Kier molecular flexibility index (Phi) is 1.60. The summed E-state index contributed by atoms with van der Waals surface area (Å²) in [5.74, 6) is 0. The third-order valence-electron chi connectivity index (χ3n) is 1.82. The van der Waals surface area contributed by atoms with Crippen LogP contribution < -0.4 is 5.32 Å². The third-order valence-corrected chi connectivity index (χ3v) is 1.82. The van der Waals surface area contributed by atoms with E-state index in [9.17, 15) is 0 Å². The van der Waals surface area contributed by atoms with Gasteiger partial charge in [0.2, 0.25) is 0 Å². The number of allylic oxidation sites excluding steroid dienone is 2. The smallest absolute Gasteiger partial charge is 0.0523 e. The molecule has 1 N–H and O–H groups in total. The summed E-state index contributed by atoms with van der Waals surface area (Å²) < 4.78 is 0. The average Bonchev–Trinajstić information content (AvgIpc) is 1.90. The quantitative estimate of drug-likeness (QED) is 0.561. The van der Waals surface area contributed by atoms with E-state index in [0.29, 0.717) is 0 Å². The fourth-order valence-corrected chi connectivity index (χ4v) is 0.830. The molecule has 0 spiro atoms. The largest absolute Gasteiger partial charge is 0.382 e. The van der Waals surface area contributed by atoms with Crippen molar-refractivity contribution < 1.29 is 0 Å². The van der Waals surface area contributed by atoms with E-state index in [1.807, 2.05) is 12.3 Å². The minimum absolute atomic E-state index is 0.203. The van der Waals surface area contributed by atoms with Crippen LogP contribution in [0.25, 0.3) is 0 Å². The average molecular weight is 123 g/mol. The summed E-state index contributed by atoms with van der Waals surface area (Å²) >= 11 is 0. The lowest BCUT2D eigenvalue weighted by Crippen LogP contribution is -2.36. The van der Waals surface area contributed by atoms with Crippen molar-refractivity contribution >= 4 is 0 Å². The number of dihydropyridines is 1. The molecule has 1 rings (SSSR count). The van der Waals surface area contributed by atoms with Gasteiger partial charge in [-0.15, -0.1) is 0 Å². The van der Waals surface area contributed by atoms with E-state index in [1.54, 1.807) is 0 Å². The molecule has 1 heterocycles. The van der Waals surface area contributed by atoms with Crippen LogP contribution in [0.2, 0.25) is 0 Å². The maximum atomic E-state index is 3.28. The van der Waals surface area contributed by atoms with Crippen LogP contribution >= 0.6 is 0 Å². The van der Waals surface area contributed by atoms with Crippen molar-refractivity contribution in [3.8, 4) is 0 Å². The van der Waals surface area contributed by atoms with Gasteiger partial charge in [0.15, 0.2) is 0 Å². The molecule has 0 bridgehead atoms. The molecule has 1 aliphatic heterocycles. The Balaban J connectivity index is 2.63. The second kappa shape index (κ2) is 2.26. The normalized spacial score (nSPS) is 32.2. The highest BCUT2D eigenvalue weighted by molar-refractivity contribution is 5.17. The van der Waals surface area contributed by atoms with E-state index in [0.717, 1.165) is 6.42 Å². The standard InChI is InChI=1S/C8H13N/c1-3-8(2)6-4-5-7-9-8/h4-7,9H,3H2,1-2H3/t8-/m0/s1. The van der Waals surface area contributed by atoms with Gasteiger partial charge in [0, 0.05) is 0 Å². The lowest BCUT2D eigenvalue weighted by Gasteiger charge is -2.26. The number of hydrogen-bond donors (Lipinski definition) is 1. The van der Waals surface area contributed by atoms with Crippen LogP contribution in [0.1, 0.15) is 20.3 Å². The van der Waals surface area contributed by atoms with Gasteiger partial charge in [0.05, 0.1) is 5.54 Å². The molecule has 1 aliphatic rings. The first-order valence-corrected chi connectivity index (χ1v) is 3.39. The van der Waals surface area contributed by atoms with Crippen molar-refractivity contribution in [2.45, 2.75) is 25.8 Å². The Morgan fingerprint density at radius 2 is 2.22 bits per heavy atom. The Morgan fingerprint density at radius 3 is 2.56 bits per heavy atom. The first kappa shape index (κ1) is 6.40. The van der Waals surface area contributed by atoms with Crippen molar-refractivity contribution in [3.63, 3.8) is 0 Å². The summed E-state index contributed by atoms with van der Waals surface area (Å²) in [6.45, 7) is 4.36. The lowest BCUT2D eigenvalue weighted by atomic mass is 9.97. The van der Waals surface area contributed by atoms with Crippen molar-refractivity contribution in [1.82, 2.24) is 5.32 Å². The second-order valence-corrected chi connectivity index (χ2v) is 2.63. The molecule has 1 heteroatoms. The van der Waals surface area contributed by atoms with Crippen LogP contribution in [0, 0.1) is 0 Å². The van der Waals surface area contributed by atoms with Gasteiger partial charge < -0.3 is 5.32 Å². The Morgan fingerprint density at radius 1 is 1.44 bits per heavy atom.